The molecule has 4 nitrogen and oxygen atoms in total. The number of carbonyl (C=O) groups is 1. The van der Waals surface area contributed by atoms with Gasteiger partial charge in [-0.25, -0.2) is 0 Å². The van der Waals surface area contributed by atoms with Crippen molar-refractivity contribution in [2.45, 2.75) is 25.6 Å². The van der Waals surface area contributed by atoms with E-state index in [0.717, 1.165) is 0 Å². The SMILES string of the molecule is CCC(=O)N1C[C@@H](O)[C@@H](O)C1. The minimum Gasteiger partial charge on any atom is -0.388 e. The van der Waals surface area contributed by atoms with Gasteiger partial charge in [-0.1, -0.05) is 6.92 Å². The number of aliphatic hydroxyl groups is 2. The van der Waals surface area contributed by atoms with Gasteiger partial charge >= 0.3 is 0 Å². The zero-order chi connectivity index (χ0) is 8.43. The summed E-state index contributed by atoms with van der Waals surface area (Å²) < 4.78 is 0. The van der Waals surface area contributed by atoms with E-state index in [4.69, 9.17) is 10.2 Å². The van der Waals surface area contributed by atoms with E-state index in [0.29, 0.717) is 6.42 Å². The number of hydrogen-bond donors (Lipinski definition) is 2. The molecule has 0 spiro atoms. The highest BCUT2D eigenvalue weighted by Gasteiger charge is 2.31. The summed E-state index contributed by atoms with van der Waals surface area (Å²) in [4.78, 5) is 12.5. The van der Waals surface area contributed by atoms with Crippen molar-refractivity contribution in [2.75, 3.05) is 13.1 Å². The molecule has 2 atom stereocenters. The van der Waals surface area contributed by atoms with Crippen molar-refractivity contribution in [3.05, 3.63) is 0 Å². The van der Waals surface area contributed by atoms with Crippen LogP contribution in [-0.2, 0) is 4.79 Å². The molecule has 11 heavy (non-hydrogen) atoms. The number of β-amino-alcohol motifs (C(OH)–C–C–N with tert-alkyl or cyclic N) is 2. The molecular weight excluding hydrogens is 146 g/mol. The highest BCUT2D eigenvalue weighted by Crippen LogP contribution is 2.10. The summed E-state index contributed by atoms with van der Waals surface area (Å²) >= 11 is 0. The molecule has 2 N–H and O–H groups in total. The van der Waals surface area contributed by atoms with Crippen molar-refractivity contribution in [1.82, 2.24) is 4.90 Å². The van der Waals surface area contributed by atoms with Crippen LogP contribution in [0.25, 0.3) is 0 Å². The lowest BCUT2D eigenvalue weighted by molar-refractivity contribution is -0.130. The Morgan fingerprint density at radius 3 is 2.27 bits per heavy atom. The molecule has 0 aromatic rings. The summed E-state index contributed by atoms with van der Waals surface area (Å²) in [6.45, 7) is 2.31. The molecule has 1 saturated heterocycles. The number of rotatable bonds is 1. The Hall–Kier alpha value is -0.610. The maximum absolute atomic E-state index is 11.0. The maximum Gasteiger partial charge on any atom is 0.222 e. The molecule has 1 aliphatic heterocycles. The first kappa shape index (κ1) is 8.49. The highest BCUT2D eigenvalue weighted by atomic mass is 16.3. The van der Waals surface area contributed by atoms with Crippen LogP contribution in [0.2, 0.25) is 0 Å². The molecule has 0 saturated carbocycles. The van der Waals surface area contributed by atoms with Gasteiger partial charge in [0.25, 0.3) is 0 Å². The molecule has 0 radical (unpaired) electrons. The van der Waals surface area contributed by atoms with Gasteiger partial charge in [-0.3, -0.25) is 4.79 Å². The first-order valence-electron chi connectivity index (χ1n) is 3.79. The van der Waals surface area contributed by atoms with Crippen molar-refractivity contribution in [2.24, 2.45) is 0 Å². The second-order valence-corrected chi connectivity index (χ2v) is 2.79. The Morgan fingerprint density at radius 1 is 1.45 bits per heavy atom. The second-order valence-electron chi connectivity index (χ2n) is 2.79. The average Bonchev–Trinajstić information content (AvgIpc) is 2.31. The van der Waals surface area contributed by atoms with Crippen LogP contribution in [-0.4, -0.2) is 46.3 Å². The molecule has 4 heteroatoms. The predicted molar refractivity (Wildman–Crippen MR) is 38.9 cm³/mol. The molecule has 1 fully saturated rings. The van der Waals surface area contributed by atoms with Gasteiger partial charge in [0, 0.05) is 19.5 Å². The quantitative estimate of drug-likeness (QED) is 0.514. The summed E-state index contributed by atoms with van der Waals surface area (Å²) in [5.74, 6) is -0.0133. The van der Waals surface area contributed by atoms with Crippen LogP contribution in [0.4, 0.5) is 0 Å². The minimum absolute atomic E-state index is 0.0133. The highest BCUT2D eigenvalue weighted by molar-refractivity contribution is 5.76. The van der Waals surface area contributed by atoms with E-state index in [-0.39, 0.29) is 19.0 Å². The van der Waals surface area contributed by atoms with Gasteiger partial charge in [0.1, 0.15) is 0 Å². The Balaban J connectivity index is 2.46. The molecule has 1 heterocycles. The first-order chi connectivity index (χ1) is 5.15. The Kier molecular flexibility index (Phi) is 2.46. The average molecular weight is 159 g/mol. The number of aliphatic hydroxyl groups excluding tert-OH is 2. The fourth-order valence-corrected chi connectivity index (χ4v) is 1.20. The van der Waals surface area contributed by atoms with E-state index < -0.39 is 12.2 Å². The van der Waals surface area contributed by atoms with Crippen LogP contribution >= 0.6 is 0 Å². The number of carbonyl (C=O) groups excluding carboxylic acids is 1. The van der Waals surface area contributed by atoms with Crippen LogP contribution in [0, 0.1) is 0 Å². The van der Waals surface area contributed by atoms with Crippen molar-refractivity contribution in [1.29, 1.82) is 0 Å². The van der Waals surface area contributed by atoms with Gasteiger partial charge in [0.05, 0.1) is 12.2 Å². The van der Waals surface area contributed by atoms with E-state index in [1.807, 2.05) is 0 Å². The van der Waals surface area contributed by atoms with Crippen molar-refractivity contribution in [3.63, 3.8) is 0 Å². The standard InChI is InChI=1S/C7H13NO3/c1-2-7(11)8-3-5(9)6(10)4-8/h5-6,9-10H,2-4H2,1H3/t5-,6+. The predicted octanol–water partition coefficient (Wildman–Crippen LogP) is -1.04. The van der Waals surface area contributed by atoms with Crippen molar-refractivity contribution >= 4 is 5.91 Å². The van der Waals surface area contributed by atoms with E-state index in [2.05, 4.69) is 0 Å². The smallest absolute Gasteiger partial charge is 0.222 e. The molecule has 0 unspecified atom stereocenters. The summed E-state index contributed by atoms with van der Waals surface area (Å²) in [6.07, 6.45) is -1.09. The van der Waals surface area contributed by atoms with Crippen LogP contribution in [0.3, 0.4) is 0 Å². The molecule has 0 aromatic carbocycles. The third-order valence-electron chi connectivity index (χ3n) is 1.91. The fourth-order valence-electron chi connectivity index (χ4n) is 1.20. The Labute approximate surface area is 65.4 Å². The van der Waals surface area contributed by atoms with E-state index >= 15 is 0 Å². The maximum atomic E-state index is 11.0. The number of amides is 1. The molecule has 1 rings (SSSR count). The fraction of sp³-hybridized carbons (Fsp3) is 0.857. The number of hydrogen-bond acceptors (Lipinski definition) is 3. The zero-order valence-corrected chi connectivity index (χ0v) is 6.53. The summed E-state index contributed by atoms with van der Waals surface area (Å²) in [5, 5.41) is 18.1. The van der Waals surface area contributed by atoms with Crippen LogP contribution < -0.4 is 0 Å². The Bertz CT molecular complexity index is 150. The number of likely N-dealkylation sites (tertiary alicyclic amines) is 1. The lowest BCUT2D eigenvalue weighted by Crippen LogP contribution is -2.28. The van der Waals surface area contributed by atoms with Gasteiger partial charge in [-0.05, 0) is 0 Å². The normalized spacial score (nSPS) is 31.0. The minimum atomic E-state index is -0.759. The summed E-state index contributed by atoms with van der Waals surface area (Å²) in [5.41, 5.74) is 0. The van der Waals surface area contributed by atoms with E-state index in [1.165, 1.54) is 4.90 Å². The van der Waals surface area contributed by atoms with E-state index in [9.17, 15) is 4.79 Å². The van der Waals surface area contributed by atoms with Gasteiger partial charge in [-0.15, -0.1) is 0 Å². The first-order valence-corrected chi connectivity index (χ1v) is 3.79. The number of nitrogens with zero attached hydrogens (tertiary/aromatic N) is 1. The molecule has 1 aliphatic rings. The monoisotopic (exact) mass is 159 g/mol. The second kappa shape index (κ2) is 3.19. The summed E-state index contributed by atoms with van der Waals surface area (Å²) in [6, 6.07) is 0. The van der Waals surface area contributed by atoms with Gasteiger partial charge < -0.3 is 15.1 Å². The molecule has 1 amide bonds. The molecule has 64 valence electrons. The Morgan fingerprint density at radius 2 is 1.91 bits per heavy atom. The van der Waals surface area contributed by atoms with Crippen LogP contribution in [0.15, 0.2) is 0 Å². The topological polar surface area (TPSA) is 60.8 Å². The van der Waals surface area contributed by atoms with Crippen LogP contribution in [0.5, 0.6) is 0 Å². The molecule has 0 bridgehead atoms. The zero-order valence-electron chi connectivity index (χ0n) is 6.53. The van der Waals surface area contributed by atoms with Gasteiger partial charge in [0.15, 0.2) is 0 Å². The van der Waals surface area contributed by atoms with Crippen LogP contribution in [0.1, 0.15) is 13.3 Å². The lowest BCUT2D eigenvalue weighted by Gasteiger charge is -2.13. The van der Waals surface area contributed by atoms with Crippen molar-refractivity contribution < 1.29 is 15.0 Å². The molecular formula is C7H13NO3. The van der Waals surface area contributed by atoms with Crippen molar-refractivity contribution in [3.8, 4) is 0 Å². The largest absolute Gasteiger partial charge is 0.388 e. The third-order valence-corrected chi connectivity index (χ3v) is 1.91. The lowest BCUT2D eigenvalue weighted by atomic mass is 10.3. The third kappa shape index (κ3) is 1.70. The molecule has 0 aliphatic carbocycles. The molecule has 0 aromatic heterocycles. The van der Waals surface area contributed by atoms with Gasteiger partial charge in [0.2, 0.25) is 5.91 Å². The summed E-state index contributed by atoms with van der Waals surface area (Å²) in [7, 11) is 0. The van der Waals surface area contributed by atoms with E-state index in [1.54, 1.807) is 6.92 Å². The van der Waals surface area contributed by atoms with Gasteiger partial charge in [-0.2, -0.15) is 0 Å².